The molecule has 2 aromatic heterocycles. The van der Waals surface area contributed by atoms with Gasteiger partial charge < -0.3 is 34.5 Å². The third-order valence-corrected chi connectivity index (χ3v) is 6.56. The second-order valence-corrected chi connectivity index (χ2v) is 8.74. The predicted octanol–water partition coefficient (Wildman–Crippen LogP) is 1.59. The molecule has 0 amide bonds. The molecule has 0 bridgehead atoms. The Labute approximate surface area is 189 Å². The summed E-state index contributed by atoms with van der Waals surface area (Å²) in [6, 6.07) is 10.4. The Bertz CT molecular complexity index is 1120. The number of hydrogen-bond acceptors (Lipinski definition) is 8. The van der Waals surface area contributed by atoms with Gasteiger partial charge in [-0.1, -0.05) is 23.7 Å². The van der Waals surface area contributed by atoms with Gasteiger partial charge in [0.25, 0.3) is 6.01 Å². The van der Waals surface area contributed by atoms with E-state index in [9.17, 15) is 5.11 Å². The van der Waals surface area contributed by atoms with Crippen LogP contribution < -0.4 is 15.0 Å². The summed E-state index contributed by atoms with van der Waals surface area (Å²) in [7, 11) is 0. The molecule has 1 aromatic carbocycles. The van der Waals surface area contributed by atoms with E-state index in [-0.39, 0.29) is 24.9 Å². The fraction of sp³-hybridized carbons (Fsp3) is 0.455. The molecule has 3 aromatic rings. The molecule has 3 aliphatic heterocycles. The first-order valence-corrected chi connectivity index (χ1v) is 11.2. The summed E-state index contributed by atoms with van der Waals surface area (Å²) >= 11 is 6.56. The molecule has 4 atom stereocenters. The average molecular weight is 458 g/mol. The maximum Gasteiger partial charge on any atom is 0.296 e. The molecule has 0 spiro atoms. The number of imidazole rings is 1. The topological polar surface area (TPSA) is 105 Å². The Balaban J connectivity index is 1.23. The number of ether oxygens (including phenoxy) is 3. The Morgan fingerprint density at radius 3 is 2.66 bits per heavy atom. The monoisotopic (exact) mass is 457 g/mol. The standard InChI is InChI=1S/C22H24ClN5O4/c23-14-9-15-21(27-22(25-15)32-17-11-31-19-16(29)10-30-20(17)19)26-18(14)12-1-3-13(4-2-12)28-7-5-24-6-8-28/h1-4,9,16-17,19-20,24,29H,5-8,10-11H2,(H,25,26,27)/t16-,17-,19-,20-/m1/s1. The van der Waals surface area contributed by atoms with Crippen LogP contribution in [0.15, 0.2) is 30.3 Å². The van der Waals surface area contributed by atoms with Crippen molar-refractivity contribution in [1.82, 2.24) is 20.3 Å². The van der Waals surface area contributed by atoms with E-state index in [0.717, 1.165) is 31.7 Å². The summed E-state index contributed by atoms with van der Waals surface area (Å²) in [4.78, 5) is 14.7. The van der Waals surface area contributed by atoms with E-state index < -0.39 is 6.10 Å². The zero-order valence-corrected chi connectivity index (χ0v) is 18.1. The molecule has 10 heteroatoms. The lowest BCUT2D eigenvalue weighted by atomic mass is 10.1. The number of H-pyrrole nitrogens is 1. The van der Waals surface area contributed by atoms with Gasteiger partial charge in [0.15, 0.2) is 11.8 Å². The number of aromatic amines is 1. The van der Waals surface area contributed by atoms with Crippen LogP contribution in [0.5, 0.6) is 6.01 Å². The van der Waals surface area contributed by atoms with Crippen molar-refractivity contribution < 1.29 is 19.3 Å². The number of benzene rings is 1. The molecule has 32 heavy (non-hydrogen) atoms. The van der Waals surface area contributed by atoms with Gasteiger partial charge in [-0.3, -0.25) is 0 Å². The summed E-state index contributed by atoms with van der Waals surface area (Å²) in [6.45, 7) is 4.58. The van der Waals surface area contributed by atoms with E-state index >= 15 is 0 Å². The summed E-state index contributed by atoms with van der Waals surface area (Å²) < 4.78 is 17.2. The fourth-order valence-corrected chi connectivity index (χ4v) is 4.86. The molecule has 6 rings (SSSR count). The highest BCUT2D eigenvalue weighted by Crippen LogP contribution is 2.32. The van der Waals surface area contributed by atoms with Gasteiger partial charge in [-0.25, -0.2) is 4.98 Å². The molecule has 3 fully saturated rings. The molecule has 168 valence electrons. The number of halogens is 1. The number of nitrogens with one attached hydrogen (secondary N) is 2. The summed E-state index contributed by atoms with van der Waals surface area (Å²) in [5.74, 6) is 0. The highest BCUT2D eigenvalue weighted by molar-refractivity contribution is 6.33. The van der Waals surface area contributed by atoms with Crippen molar-refractivity contribution in [3.8, 4) is 17.3 Å². The van der Waals surface area contributed by atoms with E-state index in [1.165, 1.54) is 5.69 Å². The average Bonchev–Trinajstić information content (AvgIpc) is 3.51. The lowest BCUT2D eigenvalue weighted by Crippen LogP contribution is -2.43. The molecule has 0 radical (unpaired) electrons. The molecule has 3 N–H and O–H groups in total. The number of rotatable bonds is 4. The SMILES string of the molecule is O[C@@H]1CO[C@H]2[C@@H]1OC[C@H]2Oc1nc2nc(-c3ccc(N4CCNCC4)cc3)c(Cl)cc2[nH]1. The van der Waals surface area contributed by atoms with E-state index in [0.29, 0.717) is 34.5 Å². The van der Waals surface area contributed by atoms with Crippen molar-refractivity contribution in [2.45, 2.75) is 24.4 Å². The van der Waals surface area contributed by atoms with Crippen LogP contribution in [0.3, 0.4) is 0 Å². The van der Waals surface area contributed by atoms with Crippen LogP contribution in [0.1, 0.15) is 0 Å². The number of fused-ring (bicyclic) bond motifs is 2. The van der Waals surface area contributed by atoms with Crippen LogP contribution in [0.25, 0.3) is 22.4 Å². The minimum atomic E-state index is -0.620. The lowest BCUT2D eigenvalue weighted by molar-refractivity contribution is 0.00706. The molecule has 0 unspecified atom stereocenters. The summed E-state index contributed by atoms with van der Waals surface area (Å²) in [5, 5.41) is 13.8. The van der Waals surface area contributed by atoms with E-state index in [1.807, 2.05) is 18.2 Å². The van der Waals surface area contributed by atoms with Crippen molar-refractivity contribution in [3.63, 3.8) is 0 Å². The molecular formula is C22H24ClN5O4. The van der Waals surface area contributed by atoms with Crippen molar-refractivity contribution in [2.75, 3.05) is 44.3 Å². The van der Waals surface area contributed by atoms with Gasteiger partial charge in [0.05, 0.1) is 29.4 Å². The van der Waals surface area contributed by atoms with Gasteiger partial charge in [-0.05, 0) is 18.2 Å². The number of anilines is 1. The number of pyridine rings is 1. The maximum atomic E-state index is 9.90. The minimum Gasteiger partial charge on any atom is -0.456 e. The van der Waals surface area contributed by atoms with Crippen molar-refractivity contribution >= 4 is 28.5 Å². The number of nitrogens with zero attached hydrogens (tertiary/aromatic N) is 3. The van der Waals surface area contributed by atoms with Gasteiger partial charge >= 0.3 is 0 Å². The van der Waals surface area contributed by atoms with Gasteiger partial charge in [-0.15, -0.1) is 0 Å². The van der Waals surface area contributed by atoms with Crippen molar-refractivity contribution in [2.24, 2.45) is 0 Å². The van der Waals surface area contributed by atoms with Gasteiger partial charge in [0.1, 0.15) is 18.3 Å². The van der Waals surface area contributed by atoms with Crippen molar-refractivity contribution in [1.29, 1.82) is 0 Å². The van der Waals surface area contributed by atoms with Crippen LogP contribution in [-0.2, 0) is 9.47 Å². The van der Waals surface area contributed by atoms with Crippen LogP contribution in [0.4, 0.5) is 5.69 Å². The largest absolute Gasteiger partial charge is 0.456 e. The first kappa shape index (κ1) is 20.2. The smallest absolute Gasteiger partial charge is 0.296 e. The maximum absolute atomic E-state index is 9.90. The van der Waals surface area contributed by atoms with E-state index in [1.54, 1.807) is 0 Å². The van der Waals surface area contributed by atoms with Crippen LogP contribution >= 0.6 is 11.6 Å². The normalized spacial score (nSPS) is 27.8. The Morgan fingerprint density at radius 1 is 1.06 bits per heavy atom. The third kappa shape index (κ3) is 3.60. The number of aliphatic hydroxyl groups is 1. The number of piperazine rings is 1. The number of aromatic nitrogens is 3. The minimum absolute atomic E-state index is 0.253. The Kier molecular flexibility index (Phi) is 5.15. The molecule has 3 aliphatic rings. The van der Waals surface area contributed by atoms with Crippen LogP contribution in [-0.4, -0.2) is 83.9 Å². The van der Waals surface area contributed by atoms with Gasteiger partial charge in [0, 0.05) is 37.4 Å². The molecule has 5 heterocycles. The predicted molar refractivity (Wildman–Crippen MR) is 119 cm³/mol. The van der Waals surface area contributed by atoms with Crippen LogP contribution in [0, 0.1) is 0 Å². The van der Waals surface area contributed by atoms with Gasteiger partial charge in [0.2, 0.25) is 0 Å². The van der Waals surface area contributed by atoms with Crippen molar-refractivity contribution in [3.05, 3.63) is 35.4 Å². The zero-order chi connectivity index (χ0) is 21.7. The number of hydrogen-bond donors (Lipinski definition) is 3. The van der Waals surface area contributed by atoms with Gasteiger partial charge in [-0.2, -0.15) is 4.98 Å². The molecule has 0 saturated carbocycles. The quantitative estimate of drug-likeness (QED) is 0.542. The third-order valence-electron chi connectivity index (χ3n) is 6.27. The molecule has 3 saturated heterocycles. The first-order valence-electron chi connectivity index (χ1n) is 10.9. The van der Waals surface area contributed by atoms with E-state index in [4.69, 9.17) is 25.8 Å². The van der Waals surface area contributed by atoms with Crippen LogP contribution in [0.2, 0.25) is 5.02 Å². The Morgan fingerprint density at radius 2 is 1.84 bits per heavy atom. The molecular weight excluding hydrogens is 434 g/mol. The first-order chi connectivity index (χ1) is 15.7. The fourth-order valence-electron chi connectivity index (χ4n) is 4.60. The second-order valence-electron chi connectivity index (χ2n) is 8.34. The Hall–Kier alpha value is -2.43. The summed E-state index contributed by atoms with van der Waals surface area (Å²) in [6.07, 6.45) is -1.62. The molecule has 0 aliphatic carbocycles. The lowest BCUT2D eigenvalue weighted by Gasteiger charge is -2.29. The number of aliphatic hydroxyl groups excluding tert-OH is 1. The van der Waals surface area contributed by atoms with E-state index in [2.05, 4.69) is 37.3 Å². The highest BCUT2D eigenvalue weighted by atomic mass is 35.5. The zero-order valence-electron chi connectivity index (χ0n) is 17.3. The molecule has 9 nitrogen and oxygen atoms in total. The highest BCUT2D eigenvalue weighted by Gasteiger charge is 2.48. The summed E-state index contributed by atoms with van der Waals surface area (Å²) in [5.41, 5.74) is 4.01. The second kappa shape index (κ2) is 8.17.